The summed E-state index contributed by atoms with van der Waals surface area (Å²) < 4.78 is 0. The third-order valence-corrected chi connectivity index (χ3v) is 2.15. The van der Waals surface area contributed by atoms with E-state index in [4.69, 9.17) is 5.11 Å². The Morgan fingerprint density at radius 1 is 1.47 bits per heavy atom. The number of aromatic carboxylic acids is 1. The molecule has 0 unspecified atom stereocenters. The topological polar surface area (TPSA) is 66.3 Å². The molecule has 0 aliphatic heterocycles. The smallest absolute Gasteiger partial charge is 0.354 e. The van der Waals surface area contributed by atoms with E-state index < -0.39 is 5.97 Å². The van der Waals surface area contributed by atoms with Crippen molar-refractivity contribution in [2.45, 2.75) is 26.8 Å². The van der Waals surface area contributed by atoms with Crippen LogP contribution in [0, 0.1) is 6.92 Å². The quantitative estimate of drug-likeness (QED) is 0.813. The summed E-state index contributed by atoms with van der Waals surface area (Å²) in [7, 11) is 1.84. The van der Waals surface area contributed by atoms with Crippen LogP contribution in [0.2, 0.25) is 0 Å². The third kappa shape index (κ3) is 2.65. The van der Waals surface area contributed by atoms with Gasteiger partial charge in [0.25, 0.3) is 0 Å². The second-order valence-corrected chi connectivity index (χ2v) is 3.70. The molecule has 5 nitrogen and oxygen atoms in total. The summed E-state index contributed by atoms with van der Waals surface area (Å²) in [5.41, 5.74) is 0.690. The van der Waals surface area contributed by atoms with E-state index in [0.717, 1.165) is 0 Å². The minimum atomic E-state index is -1.03. The highest BCUT2D eigenvalue weighted by Gasteiger charge is 2.13. The normalized spacial score (nSPS) is 10.5. The molecule has 0 saturated carbocycles. The molecule has 15 heavy (non-hydrogen) atoms. The van der Waals surface area contributed by atoms with Gasteiger partial charge in [0.2, 0.25) is 5.95 Å². The number of rotatable bonds is 3. The van der Waals surface area contributed by atoms with E-state index in [9.17, 15) is 4.79 Å². The molecule has 0 aliphatic rings. The van der Waals surface area contributed by atoms with Crippen molar-refractivity contribution in [1.82, 2.24) is 9.97 Å². The molecule has 82 valence electrons. The van der Waals surface area contributed by atoms with E-state index in [1.165, 1.54) is 6.07 Å². The first-order valence-corrected chi connectivity index (χ1v) is 4.73. The van der Waals surface area contributed by atoms with Gasteiger partial charge in [-0.25, -0.2) is 14.8 Å². The average molecular weight is 209 g/mol. The Balaban J connectivity index is 3.14. The molecule has 1 rings (SSSR count). The van der Waals surface area contributed by atoms with Gasteiger partial charge >= 0.3 is 5.97 Å². The van der Waals surface area contributed by atoms with Crippen molar-refractivity contribution in [1.29, 1.82) is 0 Å². The maximum Gasteiger partial charge on any atom is 0.354 e. The zero-order valence-electron chi connectivity index (χ0n) is 9.35. The van der Waals surface area contributed by atoms with E-state index in [2.05, 4.69) is 9.97 Å². The molecule has 0 aromatic carbocycles. The Kier molecular flexibility index (Phi) is 3.24. The molecule has 1 N–H and O–H groups in total. The fraction of sp³-hybridized carbons (Fsp3) is 0.500. The Bertz CT molecular complexity index is 377. The molecule has 0 amide bonds. The lowest BCUT2D eigenvalue weighted by molar-refractivity contribution is 0.0690. The Labute approximate surface area is 88.8 Å². The van der Waals surface area contributed by atoms with Gasteiger partial charge in [-0.15, -0.1) is 0 Å². The second-order valence-electron chi connectivity index (χ2n) is 3.70. The predicted molar refractivity (Wildman–Crippen MR) is 57.3 cm³/mol. The van der Waals surface area contributed by atoms with Gasteiger partial charge < -0.3 is 10.0 Å². The van der Waals surface area contributed by atoms with Crippen LogP contribution in [0.3, 0.4) is 0 Å². The molecule has 0 radical (unpaired) electrons. The maximum absolute atomic E-state index is 10.8. The van der Waals surface area contributed by atoms with Crippen LogP contribution in [0.4, 0.5) is 5.95 Å². The molecule has 0 atom stereocenters. The van der Waals surface area contributed by atoms with E-state index in [0.29, 0.717) is 11.6 Å². The zero-order chi connectivity index (χ0) is 11.6. The van der Waals surface area contributed by atoms with E-state index >= 15 is 0 Å². The summed E-state index contributed by atoms with van der Waals surface area (Å²) in [6.07, 6.45) is 0. The van der Waals surface area contributed by atoms with Gasteiger partial charge in [0, 0.05) is 18.8 Å². The van der Waals surface area contributed by atoms with Gasteiger partial charge in [-0.1, -0.05) is 0 Å². The molecule has 1 heterocycles. The SMILES string of the molecule is Cc1cc(C(=O)O)nc(N(C)C(C)C)n1. The molecule has 1 aromatic heterocycles. The van der Waals surface area contributed by atoms with Crippen LogP contribution in [-0.2, 0) is 0 Å². The third-order valence-electron chi connectivity index (χ3n) is 2.15. The van der Waals surface area contributed by atoms with Gasteiger partial charge in [0.15, 0.2) is 5.69 Å². The summed E-state index contributed by atoms with van der Waals surface area (Å²) in [6.45, 7) is 5.74. The zero-order valence-corrected chi connectivity index (χ0v) is 9.35. The van der Waals surface area contributed by atoms with E-state index in [-0.39, 0.29) is 11.7 Å². The van der Waals surface area contributed by atoms with Gasteiger partial charge in [-0.3, -0.25) is 0 Å². The van der Waals surface area contributed by atoms with Crippen LogP contribution in [0.1, 0.15) is 30.0 Å². The summed E-state index contributed by atoms with van der Waals surface area (Å²) >= 11 is 0. The first kappa shape index (κ1) is 11.4. The summed E-state index contributed by atoms with van der Waals surface area (Å²) in [4.78, 5) is 20.8. The van der Waals surface area contributed by atoms with Crippen molar-refractivity contribution in [3.05, 3.63) is 17.5 Å². The monoisotopic (exact) mass is 209 g/mol. The number of carbonyl (C=O) groups is 1. The van der Waals surface area contributed by atoms with E-state index in [1.54, 1.807) is 6.92 Å². The molecular formula is C10H15N3O2. The lowest BCUT2D eigenvalue weighted by atomic mass is 10.3. The van der Waals surface area contributed by atoms with Crippen LogP contribution in [0.25, 0.3) is 0 Å². The summed E-state index contributed by atoms with van der Waals surface area (Å²) in [6, 6.07) is 1.69. The average Bonchev–Trinajstić information content (AvgIpc) is 2.15. The predicted octanol–water partition coefficient (Wildman–Crippen LogP) is 1.33. The summed E-state index contributed by atoms with van der Waals surface area (Å²) in [5, 5.41) is 8.85. The lowest BCUT2D eigenvalue weighted by Crippen LogP contribution is -2.28. The number of hydrogen-bond donors (Lipinski definition) is 1. The number of aryl methyl sites for hydroxylation is 1. The van der Waals surface area contributed by atoms with Gasteiger partial charge in [0.1, 0.15) is 0 Å². The van der Waals surface area contributed by atoms with Gasteiger partial charge in [0.05, 0.1) is 0 Å². The molecule has 0 fully saturated rings. The molecule has 0 aliphatic carbocycles. The molecule has 5 heteroatoms. The molecule has 0 spiro atoms. The lowest BCUT2D eigenvalue weighted by Gasteiger charge is -2.21. The van der Waals surface area contributed by atoms with Gasteiger partial charge in [-0.05, 0) is 26.8 Å². The Hall–Kier alpha value is -1.65. The number of carboxylic acids is 1. The standard InChI is InChI=1S/C10H15N3O2/c1-6(2)13(4)10-11-7(3)5-8(12-10)9(14)15/h5-6H,1-4H3,(H,14,15). The number of carboxylic acid groups (broad SMARTS) is 1. The van der Waals surface area contributed by atoms with Crippen LogP contribution in [-0.4, -0.2) is 34.1 Å². The van der Waals surface area contributed by atoms with Crippen molar-refractivity contribution < 1.29 is 9.90 Å². The fourth-order valence-corrected chi connectivity index (χ4v) is 1.05. The van der Waals surface area contributed by atoms with Crippen LogP contribution in [0.15, 0.2) is 6.07 Å². The highest BCUT2D eigenvalue weighted by molar-refractivity contribution is 5.85. The van der Waals surface area contributed by atoms with Crippen molar-refractivity contribution in [2.75, 3.05) is 11.9 Å². The largest absolute Gasteiger partial charge is 0.477 e. The minimum absolute atomic E-state index is 0.0324. The van der Waals surface area contributed by atoms with Crippen LogP contribution < -0.4 is 4.90 Å². The number of anilines is 1. The van der Waals surface area contributed by atoms with Crippen molar-refractivity contribution in [2.24, 2.45) is 0 Å². The molecular weight excluding hydrogens is 194 g/mol. The first-order chi connectivity index (χ1) is 6.91. The fourth-order valence-electron chi connectivity index (χ4n) is 1.05. The maximum atomic E-state index is 10.8. The highest BCUT2D eigenvalue weighted by atomic mass is 16.4. The van der Waals surface area contributed by atoms with Gasteiger partial charge in [-0.2, -0.15) is 0 Å². The number of aromatic nitrogens is 2. The minimum Gasteiger partial charge on any atom is -0.477 e. The van der Waals surface area contributed by atoms with Crippen molar-refractivity contribution in [3.8, 4) is 0 Å². The highest BCUT2D eigenvalue weighted by Crippen LogP contribution is 2.11. The Morgan fingerprint density at radius 3 is 2.53 bits per heavy atom. The van der Waals surface area contributed by atoms with E-state index in [1.807, 2.05) is 25.8 Å². The van der Waals surface area contributed by atoms with Crippen LogP contribution in [0.5, 0.6) is 0 Å². The van der Waals surface area contributed by atoms with Crippen molar-refractivity contribution in [3.63, 3.8) is 0 Å². The van der Waals surface area contributed by atoms with Crippen LogP contribution >= 0.6 is 0 Å². The number of nitrogens with zero attached hydrogens (tertiary/aromatic N) is 3. The summed E-state index contributed by atoms with van der Waals surface area (Å²) in [5.74, 6) is -0.582. The Morgan fingerprint density at radius 2 is 2.07 bits per heavy atom. The first-order valence-electron chi connectivity index (χ1n) is 4.73. The molecule has 0 saturated heterocycles. The molecule has 1 aromatic rings. The van der Waals surface area contributed by atoms with Crippen molar-refractivity contribution >= 4 is 11.9 Å². The molecule has 0 bridgehead atoms. The second kappa shape index (κ2) is 4.25. The number of hydrogen-bond acceptors (Lipinski definition) is 4.